The lowest BCUT2D eigenvalue weighted by Gasteiger charge is -2.28. The number of carbonyl (C=O) groups is 1. The van der Waals surface area contributed by atoms with Crippen LogP contribution < -0.4 is 11.1 Å². The first-order valence-electron chi connectivity index (χ1n) is 5.79. The largest absolute Gasteiger partial charge is 0.398 e. The predicted molar refractivity (Wildman–Crippen MR) is 75.0 cm³/mol. The second kappa shape index (κ2) is 5.54. The van der Waals surface area contributed by atoms with E-state index in [4.69, 9.17) is 5.73 Å². The molecule has 0 saturated heterocycles. The third-order valence-electron chi connectivity index (χ3n) is 3.23. The minimum Gasteiger partial charge on any atom is -0.398 e. The maximum atomic E-state index is 12.1. The van der Waals surface area contributed by atoms with E-state index in [1.807, 2.05) is 6.92 Å². The van der Waals surface area contributed by atoms with Crippen molar-refractivity contribution < 1.29 is 4.79 Å². The molecule has 1 aromatic rings. The van der Waals surface area contributed by atoms with Crippen LogP contribution in [0.5, 0.6) is 0 Å². The van der Waals surface area contributed by atoms with Crippen molar-refractivity contribution in [1.82, 2.24) is 5.32 Å². The molecule has 0 aliphatic carbocycles. The molecule has 0 atom stereocenters. The highest BCUT2D eigenvalue weighted by molar-refractivity contribution is 9.10. The molecular weight excluding hydrogens is 280 g/mol. The first-order valence-corrected chi connectivity index (χ1v) is 6.58. The number of benzene rings is 1. The lowest BCUT2D eigenvalue weighted by atomic mass is 9.95. The molecule has 0 saturated carbocycles. The summed E-state index contributed by atoms with van der Waals surface area (Å²) in [6.45, 7) is 6.19. The molecular formula is C13H19BrN2O. The third-order valence-corrected chi connectivity index (χ3v) is 3.96. The molecule has 0 aliphatic heterocycles. The zero-order valence-corrected chi connectivity index (χ0v) is 12.1. The van der Waals surface area contributed by atoms with Crippen LogP contribution in [0, 0.1) is 0 Å². The average molecular weight is 299 g/mol. The second-order valence-corrected chi connectivity index (χ2v) is 5.31. The number of hydrogen-bond donors (Lipinski definition) is 2. The summed E-state index contributed by atoms with van der Waals surface area (Å²) in [5.41, 5.74) is 6.78. The van der Waals surface area contributed by atoms with Gasteiger partial charge in [-0.1, -0.05) is 13.8 Å². The number of nitrogen functional groups attached to an aromatic ring is 1. The Morgan fingerprint density at radius 1 is 1.41 bits per heavy atom. The van der Waals surface area contributed by atoms with Crippen LogP contribution in [0.4, 0.5) is 5.69 Å². The fourth-order valence-corrected chi connectivity index (χ4v) is 1.70. The van der Waals surface area contributed by atoms with E-state index in [9.17, 15) is 4.79 Å². The number of anilines is 1. The Labute approximate surface area is 111 Å². The van der Waals surface area contributed by atoms with Crippen LogP contribution in [0.25, 0.3) is 0 Å². The number of nitrogens with two attached hydrogens (primary N) is 1. The van der Waals surface area contributed by atoms with Gasteiger partial charge in [-0.25, -0.2) is 0 Å². The van der Waals surface area contributed by atoms with Crippen molar-refractivity contribution in [1.29, 1.82) is 0 Å². The van der Waals surface area contributed by atoms with Crippen LogP contribution in [0.15, 0.2) is 22.7 Å². The van der Waals surface area contributed by atoms with Crippen LogP contribution in [0.3, 0.4) is 0 Å². The van der Waals surface area contributed by atoms with Crippen molar-refractivity contribution in [3.8, 4) is 0 Å². The summed E-state index contributed by atoms with van der Waals surface area (Å²) < 4.78 is 0.808. The van der Waals surface area contributed by atoms with E-state index < -0.39 is 0 Å². The van der Waals surface area contributed by atoms with E-state index in [0.29, 0.717) is 11.3 Å². The molecule has 0 aromatic heterocycles. The van der Waals surface area contributed by atoms with Crippen LogP contribution in [-0.4, -0.2) is 11.4 Å². The molecule has 0 heterocycles. The van der Waals surface area contributed by atoms with Crippen molar-refractivity contribution in [3.05, 3.63) is 28.2 Å². The summed E-state index contributed by atoms with van der Waals surface area (Å²) in [5.74, 6) is -0.0737. The second-order valence-electron chi connectivity index (χ2n) is 4.46. The van der Waals surface area contributed by atoms with Gasteiger partial charge in [0.1, 0.15) is 0 Å². The minimum absolute atomic E-state index is 0.0737. The van der Waals surface area contributed by atoms with E-state index in [-0.39, 0.29) is 11.4 Å². The Hall–Kier alpha value is -1.03. The highest BCUT2D eigenvalue weighted by Crippen LogP contribution is 2.21. The summed E-state index contributed by atoms with van der Waals surface area (Å²) in [7, 11) is 0. The SMILES string of the molecule is CCC(C)(CC)NC(=O)c1ccc(Br)c(N)c1. The molecule has 17 heavy (non-hydrogen) atoms. The predicted octanol–water partition coefficient (Wildman–Crippen LogP) is 3.34. The van der Waals surface area contributed by atoms with Crippen molar-refractivity contribution in [2.75, 3.05) is 5.73 Å². The minimum atomic E-state index is -0.154. The van der Waals surface area contributed by atoms with Gasteiger partial charge >= 0.3 is 0 Å². The van der Waals surface area contributed by atoms with Gasteiger partial charge < -0.3 is 11.1 Å². The Balaban J connectivity index is 2.86. The Morgan fingerprint density at radius 3 is 2.47 bits per heavy atom. The highest BCUT2D eigenvalue weighted by atomic mass is 79.9. The Bertz CT molecular complexity index is 414. The van der Waals surface area contributed by atoms with E-state index >= 15 is 0 Å². The summed E-state index contributed by atoms with van der Waals surface area (Å²) in [6.07, 6.45) is 1.81. The zero-order chi connectivity index (χ0) is 13.1. The van der Waals surface area contributed by atoms with Crippen molar-refractivity contribution >= 4 is 27.5 Å². The highest BCUT2D eigenvalue weighted by Gasteiger charge is 2.22. The molecule has 1 amide bonds. The summed E-state index contributed by atoms with van der Waals surface area (Å²) >= 11 is 3.31. The number of rotatable bonds is 4. The molecule has 1 aromatic carbocycles. The lowest BCUT2D eigenvalue weighted by Crippen LogP contribution is -2.44. The fourth-order valence-electron chi connectivity index (χ4n) is 1.46. The van der Waals surface area contributed by atoms with Gasteiger partial charge in [-0.2, -0.15) is 0 Å². The van der Waals surface area contributed by atoms with Crippen molar-refractivity contribution in [2.45, 2.75) is 39.2 Å². The van der Waals surface area contributed by atoms with E-state index in [2.05, 4.69) is 35.1 Å². The Kier molecular flexibility index (Phi) is 4.57. The maximum absolute atomic E-state index is 12.1. The average Bonchev–Trinajstić information content (AvgIpc) is 2.32. The van der Waals surface area contributed by atoms with Gasteiger partial charge in [0.05, 0.1) is 0 Å². The zero-order valence-electron chi connectivity index (χ0n) is 10.5. The molecule has 1 rings (SSSR count). The van der Waals surface area contributed by atoms with E-state index in [0.717, 1.165) is 17.3 Å². The topological polar surface area (TPSA) is 55.1 Å². The summed E-state index contributed by atoms with van der Waals surface area (Å²) in [5, 5.41) is 3.05. The van der Waals surface area contributed by atoms with Gasteiger partial charge in [-0.05, 0) is 53.9 Å². The quantitative estimate of drug-likeness (QED) is 0.838. The van der Waals surface area contributed by atoms with Crippen LogP contribution in [-0.2, 0) is 0 Å². The van der Waals surface area contributed by atoms with Gasteiger partial charge in [0.2, 0.25) is 0 Å². The first kappa shape index (κ1) is 14.0. The number of halogens is 1. The third kappa shape index (κ3) is 3.46. The lowest BCUT2D eigenvalue weighted by molar-refractivity contribution is 0.0901. The van der Waals surface area contributed by atoms with Crippen molar-refractivity contribution in [3.63, 3.8) is 0 Å². The van der Waals surface area contributed by atoms with E-state index in [1.165, 1.54) is 0 Å². The maximum Gasteiger partial charge on any atom is 0.251 e. The Morgan fingerprint density at radius 2 is 2.00 bits per heavy atom. The molecule has 0 fully saturated rings. The van der Waals surface area contributed by atoms with Gasteiger partial charge in [0.15, 0.2) is 0 Å². The first-order chi connectivity index (χ1) is 7.91. The fraction of sp³-hybridized carbons (Fsp3) is 0.462. The molecule has 3 nitrogen and oxygen atoms in total. The normalized spacial score (nSPS) is 11.3. The van der Waals surface area contributed by atoms with Gasteiger partial charge in [-0.15, -0.1) is 0 Å². The smallest absolute Gasteiger partial charge is 0.251 e. The van der Waals surface area contributed by atoms with E-state index in [1.54, 1.807) is 18.2 Å². The van der Waals surface area contributed by atoms with Crippen LogP contribution >= 0.6 is 15.9 Å². The summed E-state index contributed by atoms with van der Waals surface area (Å²) in [6, 6.07) is 5.24. The molecule has 0 bridgehead atoms. The molecule has 3 N–H and O–H groups in total. The number of hydrogen-bond acceptors (Lipinski definition) is 2. The van der Waals surface area contributed by atoms with Gasteiger partial charge in [0, 0.05) is 21.3 Å². The molecule has 0 aliphatic rings. The molecule has 0 spiro atoms. The number of carbonyl (C=O) groups excluding carboxylic acids is 1. The van der Waals surface area contributed by atoms with Gasteiger partial charge in [0.25, 0.3) is 5.91 Å². The monoisotopic (exact) mass is 298 g/mol. The van der Waals surface area contributed by atoms with Crippen LogP contribution in [0.1, 0.15) is 44.0 Å². The standard InChI is InChI=1S/C13H19BrN2O/c1-4-13(3,5-2)16-12(17)9-6-7-10(14)11(15)8-9/h6-8H,4-5,15H2,1-3H3,(H,16,17). The van der Waals surface area contributed by atoms with Gasteiger partial charge in [-0.3, -0.25) is 4.79 Å². The van der Waals surface area contributed by atoms with Crippen LogP contribution in [0.2, 0.25) is 0 Å². The molecule has 4 heteroatoms. The number of nitrogens with one attached hydrogen (secondary N) is 1. The molecule has 0 unspecified atom stereocenters. The number of amides is 1. The summed E-state index contributed by atoms with van der Waals surface area (Å²) in [4.78, 5) is 12.1. The molecule has 94 valence electrons. The molecule has 0 radical (unpaired) electrons. The van der Waals surface area contributed by atoms with Crippen molar-refractivity contribution in [2.24, 2.45) is 0 Å².